The van der Waals surface area contributed by atoms with E-state index in [0.717, 1.165) is 12.2 Å². The van der Waals surface area contributed by atoms with Gasteiger partial charge in [0.1, 0.15) is 17.2 Å². The number of halogens is 1. The van der Waals surface area contributed by atoms with Crippen LogP contribution in [0, 0.1) is 6.92 Å². The maximum atomic E-state index is 6.16. The monoisotopic (exact) mass is 262 g/mol. The van der Waals surface area contributed by atoms with E-state index in [0.29, 0.717) is 16.7 Å². The molecule has 0 aliphatic heterocycles. The summed E-state index contributed by atoms with van der Waals surface area (Å²) in [6.07, 6.45) is 1.43. The number of hydrogen-bond donors (Lipinski definition) is 1. The molecule has 2 rings (SSSR count). The lowest BCUT2D eigenvalue weighted by Crippen LogP contribution is -2.18. The molecule has 0 fully saturated rings. The van der Waals surface area contributed by atoms with Crippen molar-refractivity contribution in [1.29, 1.82) is 0 Å². The standard InChI is InChI=1S/C13H15ClN4/c1-3-18(10-6-4-5-9(2)7-10)13-11(14)12(15)16-8-17-13/h4-8H,3H2,1-2H3,(H2,15,16,17). The van der Waals surface area contributed by atoms with Gasteiger partial charge >= 0.3 is 0 Å². The molecular weight excluding hydrogens is 248 g/mol. The second-order valence-corrected chi connectivity index (χ2v) is 4.36. The van der Waals surface area contributed by atoms with Gasteiger partial charge in [-0.15, -0.1) is 0 Å². The highest BCUT2D eigenvalue weighted by Gasteiger charge is 2.14. The van der Waals surface area contributed by atoms with Crippen LogP contribution in [0.4, 0.5) is 17.3 Å². The first-order chi connectivity index (χ1) is 8.63. The quantitative estimate of drug-likeness (QED) is 0.923. The minimum absolute atomic E-state index is 0.299. The van der Waals surface area contributed by atoms with Gasteiger partial charge in [-0.2, -0.15) is 0 Å². The van der Waals surface area contributed by atoms with Crippen molar-refractivity contribution < 1.29 is 0 Å². The van der Waals surface area contributed by atoms with Crippen molar-refractivity contribution in [3.05, 3.63) is 41.2 Å². The molecule has 0 saturated carbocycles. The molecule has 2 N–H and O–H groups in total. The third-order valence-electron chi connectivity index (χ3n) is 2.68. The highest BCUT2D eigenvalue weighted by molar-refractivity contribution is 6.35. The van der Waals surface area contributed by atoms with Crippen LogP contribution in [0.2, 0.25) is 5.02 Å². The van der Waals surface area contributed by atoms with E-state index >= 15 is 0 Å². The molecule has 0 aliphatic rings. The van der Waals surface area contributed by atoms with E-state index in [4.69, 9.17) is 17.3 Å². The molecule has 1 aromatic heterocycles. The predicted octanol–water partition coefficient (Wildman–Crippen LogP) is 3.18. The molecule has 1 aromatic carbocycles. The fourth-order valence-corrected chi connectivity index (χ4v) is 2.01. The van der Waals surface area contributed by atoms with Crippen LogP contribution in [-0.2, 0) is 0 Å². The number of hydrogen-bond acceptors (Lipinski definition) is 4. The van der Waals surface area contributed by atoms with Crippen molar-refractivity contribution in [3.63, 3.8) is 0 Å². The summed E-state index contributed by atoms with van der Waals surface area (Å²) in [5.74, 6) is 0.935. The van der Waals surface area contributed by atoms with Gasteiger partial charge in [-0.25, -0.2) is 9.97 Å². The zero-order valence-electron chi connectivity index (χ0n) is 10.4. The lowest BCUT2D eigenvalue weighted by Gasteiger charge is -2.23. The summed E-state index contributed by atoms with van der Waals surface area (Å²) in [5, 5.41) is 0.390. The molecule has 18 heavy (non-hydrogen) atoms. The fourth-order valence-electron chi connectivity index (χ4n) is 1.81. The van der Waals surface area contributed by atoms with Crippen LogP contribution in [-0.4, -0.2) is 16.5 Å². The molecule has 5 heteroatoms. The molecule has 2 aromatic rings. The first kappa shape index (κ1) is 12.6. The van der Waals surface area contributed by atoms with Gasteiger partial charge in [0, 0.05) is 12.2 Å². The van der Waals surface area contributed by atoms with Gasteiger partial charge in [0.05, 0.1) is 0 Å². The van der Waals surface area contributed by atoms with Gasteiger partial charge in [0.15, 0.2) is 5.82 Å². The largest absolute Gasteiger partial charge is 0.382 e. The summed E-state index contributed by atoms with van der Waals surface area (Å²) in [6.45, 7) is 4.84. The van der Waals surface area contributed by atoms with Crippen LogP contribution < -0.4 is 10.6 Å². The van der Waals surface area contributed by atoms with Crippen LogP contribution >= 0.6 is 11.6 Å². The minimum Gasteiger partial charge on any atom is -0.382 e. The maximum absolute atomic E-state index is 6.16. The Hall–Kier alpha value is -1.81. The zero-order chi connectivity index (χ0) is 13.1. The number of aromatic nitrogens is 2. The Labute approximate surface area is 111 Å². The number of rotatable bonds is 3. The number of aryl methyl sites for hydroxylation is 1. The van der Waals surface area contributed by atoms with Gasteiger partial charge in [0.25, 0.3) is 0 Å². The lowest BCUT2D eigenvalue weighted by atomic mass is 10.2. The Morgan fingerprint density at radius 2 is 2.11 bits per heavy atom. The van der Waals surface area contributed by atoms with Crippen LogP contribution in [0.15, 0.2) is 30.6 Å². The second kappa shape index (κ2) is 5.23. The molecule has 0 radical (unpaired) electrons. The molecule has 0 unspecified atom stereocenters. The fraction of sp³-hybridized carbons (Fsp3) is 0.231. The van der Waals surface area contributed by atoms with Gasteiger partial charge < -0.3 is 10.6 Å². The van der Waals surface area contributed by atoms with Gasteiger partial charge in [-0.3, -0.25) is 0 Å². The van der Waals surface area contributed by atoms with Gasteiger partial charge in [0.2, 0.25) is 0 Å². The van der Waals surface area contributed by atoms with Crippen LogP contribution in [0.1, 0.15) is 12.5 Å². The third-order valence-corrected chi connectivity index (χ3v) is 3.05. The first-order valence-electron chi connectivity index (χ1n) is 5.73. The molecule has 4 nitrogen and oxygen atoms in total. The van der Waals surface area contributed by atoms with Crippen LogP contribution in [0.25, 0.3) is 0 Å². The summed E-state index contributed by atoms with van der Waals surface area (Å²) >= 11 is 6.16. The van der Waals surface area contributed by atoms with Crippen molar-refractivity contribution in [2.24, 2.45) is 0 Å². The molecule has 0 bridgehead atoms. The summed E-state index contributed by atoms with van der Waals surface area (Å²) in [4.78, 5) is 10.1. The normalized spacial score (nSPS) is 10.4. The zero-order valence-corrected chi connectivity index (χ0v) is 11.1. The Bertz CT molecular complexity index is 556. The highest BCUT2D eigenvalue weighted by atomic mass is 35.5. The highest BCUT2D eigenvalue weighted by Crippen LogP contribution is 2.32. The molecule has 0 saturated heterocycles. The van der Waals surface area contributed by atoms with Gasteiger partial charge in [-0.05, 0) is 31.5 Å². The molecular formula is C13H15ClN4. The second-order valence-electron chi connectivity index (χ2n) is 3.98. The van der Waals surface area contributed by atoms with E-state index in [1.807, 2.05) is 36.9 Å². The smallest absolute Gasteiger partial charge is 0.157 e. The molecule has 0 aliphatic carbocycles. The predicted molar refractivity (Wildman–Crippen MR) is 75.3 cm³/mol. The number of benzene rings is 1. The van der Waals surface area contributed by atoms with Crippen molar-refractivity contribution in [3.8, 4) is 0 Å². The Morgan fingerprint density at radius 1 is 1.33 bits per heavy atom. The van der Waals surface area contributed by atoms with E-state index in [2.05, 4.69) is 16.0 Å². The molecule has 0 amide bonds. The minimum atomic E-state index is 0.299. The SMILES string of the molecule is CCN(c1cccc(C)c1)c1ncnc(N)c1Cl. The summed E-state index contributed by atoms with van der Waals surface area (Å²) in [5.41, 5.74) is 7.94. The average molecular weight is 263 g/mol. The van der Waals surface area contributed by atoms with E-state index in [1.54, 1.807) is 0 Å². The van der Waals surface area contributed by atoms with Crippen LogP contribution in [0.3, 0.4) is 0 Å². The van der Waals surface area contributed by atoms with Gasteiger partial charge in [-0.1, -0.05) is 23.7 Å². The Balaban J connectivity index is 2.49. The first-order valence-corrected chi connectivity index (χ1v) is 6.11. The van der Waals surface area contributed by atoms with E-state index in [1.165, 1.54) is 11.9 Å². The van der Waals surface area contributed by atoms with Crippen molar-refractivity contribution >= 4 is 28.9 Å². The van der Waals surface area contributed by atoms with Crippen molar-refractivity contribution in [2.45, 2.75) is 13.8 Å². The maximum Gasteiger partial charge on any atom is 0.157 e. The molecule has 0 atom stereocenters. The topological polar surface area (TPSA) is 55.0 Å². The average Bonchev–Trinajstić information content (AvgIpc) is 2.35. The molecule has 1 heterocycles. The van der Waals surface area contributed by atoms with Crippen molar-refractivity contribution in [2.75, 3.05) is 17.2 Å². The van der Waals surface area contributed by atoms with Crippen molar-refractivity contribution in [1.82, 2.24) is 9.97 Å². The summed E-state index contributed by atoms with van der Waals surface area (Å²) in [7, 11) is 0. The van der Waals surface area contributed by atoms with Crippen LogP contribution in [0.5, 0.6) is 0 Å². The Morgan fingerprint density at radius 3 is 2.78 bits per heavy atom. The lowest BCUT2D eigenvalue weighted by molar-refractivity contribution is 0.977. The molecule has 94 valence electrons. The van der Waals surface area contributed by atoms with E-state index < -0.39 is 0 Å². The third kappa shape index (κ3) is 2.38. The van der Waals surface area contributed by atoms with E-state index in [-0.39, 0.29) is 0 Å². The number of nitrogens with two attached hydrogens (primary N) is 1. The summed E-state index contributed by atoms with van der Waals surface area (Å²) < 4.78 is 0. The number of anilines is 3. The Kier molecular flexibility index (Phi) is 3.67. The summed E-state index contributed by atoms with van der Waals surface area (Å²) in [6, 6.07) is 8.16. The van der Waals surface area contributed by atoms with E-state index in [9.17, 15) is 0 Å². The number of nitrogens with zero attached hydrogens (tertiary/aromatic N) is 3. The molecule has 0 spiro atoms. The number of nitrogen functional groups attached to an aromatic ring is 1.